The van der Waals surface area contributed by atoms with Crippen molar-refractivity contribution in [1.29, 1.82) is 0 Å². The molecule has 0 radical (unpaired) electrons. The van der Waals surface area contributed by atoms with Crippen LogP contribution in [-0.2, 0) is 13.6 Å². The fraction of sp³-hybridized carbons (Fsp3) is 0.455. The summed E-state index contributed by atoms with van der Waals surface area (Å²) in [5.41, 5.74) is 0.736. The Labute approximate surface area is 107 Å². The molecular formula is C11H17ClNO3P. The lowest BCUT2D eigenvalue weighted by Crippen LogP contribution is -2.17. The van der Waals surface area contributed by atoms with Gasteiger partial charge in [-0.2, -0.15) is 0 Å². The zero-order chi connectivity index (χ0) is 12.9. The first-order chi connectivity index (χ1) is 8.03. The van der Waals surface area contributed by atoms with Gasteiger partial charge in [-0.25, -0.2) is 4.57 Å². The molecule has 0 saturated heterocycles. The molecule has 1 aromatic carbocycles. The summed E-state index contributed by atoms with van der Waals surface area (Å²) < 4.78 is 24.4. The summed E-state index contributed by atoms with van der Waals surface area (Å²) in [6.07, 6.45) is 0. The third-order valence-corrected chi connectivity index (χ3v) is 4.54. The largest absolute Gasteiger partial charge is 0.435 e. The standard InChI is InChI=1S/C11H17ClNO3P/c1-4-15-17(14,16-5-2)13(3)11-8-6-10(12)7-9-11/h6-9H,4-5H2,1-3H3. The number of benzene rings is 1. The Balaban J connectivity index is 2.95. The number of anilines is 1. The highest BCUT2D eigenvalue weighted by atomic mass is 35.5. The van der Waals surface area contributed by atoms with Gasteiger partial charge in [-0.3, -0.25) is 13.7 Å². The molecule has 0 atom stereocenters. The van der Waals surface area contributed by atoms with Crippen LogP contribution in [0.15, 0.2) is 24.3 Å². The molecule has 0 amide bonds. The molecular weight excluding hydrogens is 261 g/mol. The van der Waals surface area contributed by atoms with Crippen molar-refractivity contribution < 1.29 is 13.6 Å². The number of halogens is 1. The lowest BCUT2D eigenvalue weighted by Gasteiger charge is -2.27. The molecule has 17 heavy (non-hydrogen) atoms. The maximum Gasteiger partial charge on any atom is 0.435 e. The second-order valence-corrected chi connectivity index (χ2v) is 5.79. The van der Waals surface area contributed by atoms with Crippen LogP contribution >= 0.6 is 19.3 Å². The quantitative estimate of drug-likeness (QED) is 0.738. The molecule has 0 aliphatic rings. The molecule has 0 N–H and O–H groups in total. The van der Waals surface area contributed by atoms with Gasteiger partial charge in [0.05, 0.1) is 13.2 Å². The van der Waals surface area contributed by atoms with Gasteiger partial charge in [0.2, 0.25) is 0 Å². The molecule has 0 aliphatic carbocycles. The third kappa shape index (κ3) is 3.71. The van der Waals surface area contributed by atoms with Crippen molar-refractivity contribution in [1.82, 2.24) is 0 Å². The first-order valence-corrected chi connectivity index (χ1v) is 7.29. The topological polar surface area (TPSA) is 38.8 Å². The molecule has 0 unspecified atom stereocenters. The SMILES string of the molecule is CCOP(=O)(OCC)N(C)c1ccc(Cl)cc1. The average molecular weight is 278 g/mol. The molecule has 0 aliphatic heterocycles. The van der Waals surface area contributed by atoms with Crippen LogP contribution in [0.3, 0.4) is 0 Å². The van der Waals surface area contributed by atoms with Crippen molar-refractivity contribution in [3.63, 3.8) is 0 Å². The van der Waals surface area contributed by atoms with Crippen LogP contribution in [0.25, 0.3) is 0 Å². The summed E-state index contributed by atoms with van der Waals surface area (Å²) in [6, 6.07) is 7.01. The Hall–Kier alpha value is -0.540. The van der Waals surface area contributed by atoms with Crippen LogP contribution in [-0.4, -0.2) is 20.3 Å². The number of hydrogen-bond donors (Lipinski definition) is 0. The number of rotatable bonds is 6. The molecule has 1 rings (SSSR count). The first kappa shape index (κ1) is 14.5. The summed E-state index contributed by atoms with van der Waals surface area (Å²) in [7, 11) is -1.58. The Morgan fingerprint density at radius 3 is 2.06 bits per heavy atom. The number of nitrogens with zero attached hydrogens (tertiary/aromatic N) is 1. The van der Waals surface area contributed by atoms with E-state index in [0.29, 0.717) is 18.2 Å². The zero-order valence-electron chi connectivity index (χ0n) is 10.2. The van der Waals surface area contributed by atoms with Crippen LogP contribution in [0.2, 0.25) is 5.02 Å². The predicted octanol–water partition coefficient (Wildman–Crippen LogP) is 3.96. The number of hydrogen-bond acceptors (Lipinski definition) is 3. The lowest BCUT2D eigenvalue weighted by atomic mass is 10.3. The van der Waals surface area contributed by atoms with Crippen molar-refractivity contribution in [2.24, 2.45) is 0 Å². The molecule has 0 aromatic heterocycles. The van der Waals surface area contributed by atoms with Crippen LogP contribution in [0.5, 0.6) is 0 Å². The molecule has 0 heterocycles. The van der Waals surface area contributed by atoms with Gasteiger partial charge in [-0.15, -0.1) is 0 Å². The van der Waals surface area contributed by atoms with E-state index in [2.05, 4.69) is 0 Å². The highest BCUT2D eigenvalue weighted by Crippen LogP contribution is 2.52. The maximum absolute atomic E-state index is 12.4. The van der Waals surface area contributed by atoms with E-state index >= 15 is 0 Å². The fourth-order valence-electron chi connectivity index (χ4n) is 1.34. The van der Waals surface area contributed by atoms with Crippen molar-refractivity contribution in [2.75, 3.05) is 24.9 Å². The van der Waals surface area contributed by atoms with Crippen LogP contribution in [0.1, 0.15) is 13.8 Å². The Kier molecular flexibility index (Phi) is 5.47. The molecule has 0 bridgehead atoms. The minimum atomic E-state index is -3.26. The lowest BCUT2D eigenvalue weighted by molar-refractivity contribution is 0.219. The highest BCUT2D eigenvalue weighted by Gasteiger charge is 2.30. The maximum atomic E-state index is 12.4. The summed E-state index contributed by atoms with van der Waals surface area (Å²) in [5.74, 6) is 0. The van der Waals surface area contributed by atoms with Gasteiger partial charge in [0.25, 0.3) is 0 Å². The summed E-state index contributed by atoms with van der Waals surface area (Å²) in [6.45, 7) is 4.22. The van der Waals surface area contributed by atoms with E-state index in [9.17, 15) is 4.57 Å². The molecule has 96 valence electrons. The summed E-state index contributed by atoms with van der Waals surface area (Å²) in [4.78, 5) is 0. The van der Waals surface area contributed by atoms with Crippen molar-refractivity contribution in [3.8, 4) is 0 Å². The summed E-state index contributed by atoms with van der Waals surface area (Å²) >= 11 is 5.80. The predicted molar refractivity (Wildman–Crippen MR) is 70.7 cm³/mol. The van der Waals surface area contributed by atoms with Gasteiger partial charge < -0.3 is 0 Å². The van der Waals surface area contributed by atoms with E-state index in [1.54, 1.807) is 45.2 Å². The molecule has 0 spiro atoms. The van der Waals surface area contributed by atoms with Gasteiger partial charge in [-0.1, -0.05) is 11.6 Å². The molecule has 1 aromatic rings. The summed E-state index contributed by atoms with van der Waals surface area (Å²) in [5, 5.41) is 0.629. The van der Waals surface area contributed by atoms with Gasteiger partial charge in [0.1, 0.15) is 0 Å². The normalized spacial score (nSPS) is 11.5. The first-order valence-electron chi connectivity index (χ1n) is 5.42. The van der Waals surface area contributed by atoms with Gasteiger partial charge >= 0.3 is 7.75 Å². The third-order valence-electron chi connectivity index (χ3n) is 2.15. The highest BCUT2D eigenvalue weighted by molar-refractivity contribution is 7.55. The van der Waals surface area contributed by atoms with Crippen LogP contribution < -0.4 is 4.67 Å². The fourth-order valence-corrected chi connectivity index (χ4v) is 2.95. The monoisotopic (exact) mass is 277 g/mol. The minimum absolute atomic E-state index is 0.329. The molecule has 6 heteroatoms. The van der Waals surface area contributed by atoms with Gasteiger partial charge in [0.15, 0.2) is 0 Å². The molecule has 0 fully saturated rings. The second-order valence-electron chi connectivity index (χ2n) is 3.30. The van der Waals surface area contributed by atoms with E-state index in [0.717, 1.165) is 5.69 Å². The Morgan fingerprint density at radius 1 is 1.18 bits per heavy atom. The van der Waals surface area contributed by atoms with E-state index in [1.165, 1.54) is 4.67 Å². The van der Waals surface area contributed by atoms with E-state index in [4.69, 9.17) is 20.6 Å². The molecule has 0 saturated carbocycles. The van der Waals surface area contributed by atoms with Gasteiger partial charge in [0, 0.05) is 17.8 Å². The van der Waals surface area contributed by atoms with Crippen molar-refractivity contribution >= 4 is 25.0 Å². The second kappa shape index (κ2) is 6.41. The van der Waals surface area contributed by atoms with E-state index in [-0.39, 0.29) is 0 Å². The van der Waals surface area contributed by atoms with Crippen LogP contribution in [0.4, 0.5) is 5.69 Å². The van der Waals surface area contributed by atoms with E-state index in [1.807, 2.05) is 0 Å². The Morgan fingerprint density at radius 2 is 1.65 bits per heavy atom. The van der Waals surface area contributed by atoms with Crippen molar-refractivity contribution in [3.05, 3.63) is 29.3 Å². The van der Waals surface area contributed by atoms with Gasteiger partial charge in [-0.05, 0) is 38.1 Å². The van der Waals surface area contributed by atoms with E-state index < -0.39 is 7.75 Å². The minimum Gasteiger partial charge on any atom is -0.292 e. The smallest absolute Gasteiger partial charge is 0.292 e. The van der Waals surface area contributed by atoms with Crippen molar-refractivity contribution in [2.45, 2.75) is 13.8 Å². The Bertz CT molecular complexity index is 386. The average Bonchev–Trinajstić information content (AvgIpc) is 2.30. The zero-order valence-corrected chi connectivity index (χ0v) is 11.9. The van der Waals surface area contributed by atoms with Crippen LogP contribution in [0, 0.1) is 0 Å². The molecule has 4 nitrogen and oxygen atoms in total.